The van der Waals surface area contributed by atoms with Gasteiger partial charge in [-0.2, -0.15) is 0 Å². The summed E-state index contributed by atoms with van der Waals surface area (Å²) >= 11 is 6.97. The van der Waals surface area contributed by atoms with Crippen LogP contribution in [0.4, 0.5) is 4.39 Å². The Balaban J connectivity index is 2.47. The monoisotopic (exact) mass is 300 g/mol. The highest BCUT2D eigenvalue weighted by atomic mass is 35.5. The molecule has 1 aromatic carbocycles. The average Bonchev–Trinajstić information content (AvgIpc) is 2.82. The van der Waals surface area contributed by atoms with Crippen molar-refractivity contribution in [2.75, 3.05) is 0 Å². The molecule has 2 rings (SSSR count). The molecule has 0 amide bonds. The van der Waals surface area contributed by atoms with Crippen LogP contribution in [0.3, 0.4) is 0 Å². The SMILES string of the molecule is CC(C)c1nnsc1C(NN)c1ccc(Cl)cc1F. The number of rotatable bonds is 4. The number of halogens is 2. The molecule has 1 aromatic heterocycles. The summed E-state index contributed by atoms with van der Waals surface area (Å²) < 4.78 is 17.9. The largest absolute Gasteiger partial charge is 0.271 e. The summed E-state index contributed by atoms with van der Waals surface area (Å²) in [6, 6.07) is 4.04. The summed E-state index contributed by atoms with van der Waals surface area (Å²) in [6.45, 7) is 4.01. The molecular formula is C12H14ClFN4S. The van der Waals surface area contributed by atoms with Crippen molar-refractivity contribution in [3.63, 3.8) is 0 Å². The lowest BCUT2D eigenvalue weighted by atomic mass is 10.0. The molecule has 1 atom stereocenters. The van der Waals surface area contributed by atoms with Gasteiger partial charge in [-0.05, 0) is 29.6 Å². The number of benzene rings is 1. The second-order valence-electron chi connectivity index (χ2n) is 4.44. The Labute approximate surface area is 119 Å². The first-order valence-electron chi connectivity index (χ1n) is 5.77. The smallest absolute Gasteiger partial charge is 0.129 e. The zero-order valence-corrected chi connectivity index (χ0v) is 12.1. The van der Waals surface area contributed by atoms with Crippen LogP contribution in [0.25, 0.3) is 0 Å². The van der Waals surface area contributed by atoms with Crippen molar-refractivity contribution in [2.45, 2.75) is 25.8 Å². The van der Waals surface area contributed by atoms with Crippen molar-refractivity contribution in [1.29, 1.82) is 0 Å². The van der Waals surface area contributed by atoms with Gasteiger partial charge in [-0.25, -0.2) is 9.82 Å². The van der Waals surface area contributed by atoms with Crippen molar-refractivity contribution in [3.05, 3.63) is 45.2 Å². The Morgan fingerprint density at radius 1 is 1.42 bits per heavy atom. The second-order valence-corrected chi connectivity index (χ2v) is 5.66. The van der Waals surface area contributed by atoms with E-state index in [0.717, 1.165) is 10.6 Å². The molecule has 0 aliphatic carbocycles. The van der Waals surface area contributed by atoms with Crippen LogP contribution in [-0.4, -0.2) is 9.59 Å². The first-order valence-corrected chi connectivity index (χ1v) is 6.93. The van der Waals surface area contributed by atoms with E-state index in [2.05, 4.69) is 15.0 Å². The lowest BCUT2D eigenvalue weighted by molar-refractivity contribution is 0.559. The first-order chi connectivity index (χ1) is 9.04. The maximum Gasteiger partial charge on any atom is 0.129 e. The van der Waals surface area contributed by atoms with Crippen LogP contribution >= 0.6 is 23.1 Å². The molecule has 0 aliphatic rings. The van der Waals surface area contributed by atoms with E-state index in [1.54, 1.807) is 12.1 Å². The van der Waals surface area contributed by atoms with Gasteiger partial charge in [0, 0.05) is 10.6 Å². The van der Waals surface area contributed by atoms with Crippen LogP contribution in [0, 0.1) is 5.82 Å². The van der Waals surface area contributed by atoms with Gasteiger partial charge in [-0.15, -0.1) is 5.10 Å². The molecule has 0 bridgehead atoms. The number of nitrogens with zero attached hydrogens (tertiary/aromatic N) is 2. The van der Waals surface area contributed by atoms with Crippen LogP contribution in [0.1, 0.15) is 41.9 Å². The third kappa shape index (κ3) is 2.92. The summed E-state index contributed by atoms with van der Waals surface area (Å²) in [4.78, 5) is 0.818. The quantitative estimate of drug-likeness (QED) is 0.673. The number of nitrogens with one attached hydrogen (secondary N) is 1. The highest BCUT2D eigenvalue weighted by Gasteiger charge is 2.24. The van der Waals surface area contributed by atoms with Gasteiger partial charge in [0.1, 0.15) is 5.82 Å². The third-order valence-corrected chi connectivity index (χ3v) is 3.83. The van der Waals surface area contributed by atoms with Crippen molar-refractivity contribution >= 4 is 23.1 Å². The zero-order chi connectivity index (χ0) is 14.0. The van der Waals surface area contributed by atoms with Gasteiger partial charge in [0.15, 0.2) is 0 Å². The number of hydrazine groups is 1. The highest BCUT2D eigenvalue weighted by molar-refractivity contribution is 7.05. The second kappa shape index (κ2) is 5.92. The van der Waals surface area contributed by atoms with Gasteiger partial charge in [0.25, 0.3) is 0 Å². The molecule has 7 heteroatoms. The molecule has 0 saturated carbocycles. The summed E-state index contributed by atoms with van der Waals surface area (Å²) in [7, 11) is 0. The predicted octanol–water partition coefficient (Wildman–Crippen LogP) is 3.01. The molecule has 4 nitrogen and oxygen atoms in total. The zero-order valence-electron chi connectivity index (χ0n) is 10.5. The van der Waals surface area contributed by atoms with Crippen molar-refractivity contribution in [1.82, 2.24) is 15.0 Å². The van der Waals surface area contributed by atoms with Crippen LogP contribution in [0.15, 0.2) is 18.2 Å². The van der Waals surface area contributed by atoms with Gasteiger partial charge in [0.2, 0.25) is 0 Å². The minimum atomic E-state index is -0.477. The first kappa shape index (κ1) is 14.3. The molecule has 0 aliphatic heterocycles. The normalized spacial score (nSPS) is 12.9. The summed E-state index contributed by atoms with van der Waals surface area (Å²) in [5.74, 6) is 5.36. The standard InChI is InChI=1S/C12H14ClFN4S/c1-6(2)10-12(19-18-17-10)11(16-15)8-4-3-7(13)5-9(8)14/h3-6,11,16H,15H2,1-2H3. The summed E-state index contributed by atoms with van der Waals surface area (Å²) in [5.41, 5.74) is 3.88. The molecule has 2 aromatic rings. The van der Waals surface area contributed by atoms with Crippen LogP contribution < -0.4 is 11.3 Å². The van der Waals surface area contributed by atoms with Crippen molar-refractivity contribution in [2.24, 2.45) is 5.84 Å². The van der Waals surface area contributed by atoms with Gasteiger partial charge in [-0.3, -0.25) is 5.84 Å². The number of aromatic nitrogens is 2. The van der Waals surface area contributed by atoms with Gasteiger partial charge < -0.3 is 0 Å². The van der Waals surface area contributed by atoms with Crippen molar-refractivity contribution < 1.29 is 4.39 Å². The number of nitrogens with two attached hydrogens (primary N) is 1. The predicted molar refractivity (Wildman–Crippen MR) is 74.6 cm³/mol. The van der Waals surface area contributed by atoms with Gasteiger partial charge >= 0.3 is 0 Å². The molecular weight excluding hydrogens is 287 g/mol. The van der Waals surface area contributed by atoms with E-state index in [-0.39, 0.29) is 5.92 Å². The third-order valence-electron chi connectivity index (χ3n) is 2.79. The number of hydrogen-bond donors (Lipinski definition) is 2. The molecule has 0 saturated heterocycles. The molecule has 19 heavy (non-hydrogen) atoms. The Kier molecular flexibility index (Phi) is 4.46. The maximum atomic E-state index is 14.0. The fraction of sp³-hybridized carbons (Fsp3) is 0.333. The molecule has 1 unspecified atom stereocenters. The van der Waals surface area contributed by atoms with Crippen LogP contribution in [0.5, 0.6) is 0 Å². The molecule has 102 valence electrons. The Hall–Kier alpha value is -1.08. The Morgan fingerprint density at radius 2 is 2.16 bits per heavy atom. The molecule has 0 fully saturated rings. The molecule has 0 radical (unpaired) electrons. The minimum absolute atomic E-state index is 0.194. The summed E-state index contributed by atoms with van der Waals surface area (Å²) in [6.07, 6.45) is 0. The highest BCUT2D eigenvalue weighted by Crippen LogP contribution is 2.32. The van der Waals surface area contributed by atoms with Crippen LogP contribution in [-0.2, 0) is 0 Å². The fourth-order valence-corrected chi connectivity index (χ4v) is 2.89. The number of hydrogen-bond acceptors (Lipinski definition) is 5. The maximum absolute atomic E-state index is 14.0. The van der Waals surface area contributed by atoms with E-state index < -0.39 is 11.9 Å². The van der Waals surface area contributed by atoms with Crippen LogP contribution in [0.2, 0.25) is 5.02 Å². The lowest BCUT2D eigenvalue weighted by Gasteiger charge is -2.17. The Morgan fingerprint density at radius 3 is 2.74 bits per heavy atom. The molecule has 1 heterocycles. The Bertz CT molecular complexity index is 573. The van der Waals surface area contributed by atoms with Gasteiger partial charge in [-0.1, -0.05) is 36.0 Å². The van der Waals surface area contributed by atoms with E-state index >= 15 is 0 Å². The molecule has 0 spiro atoms. The van der Waals surface area contributed by atoms with Crippen molar-refractivity contribution in [3.8, 4) is 0 Å². The van der Waals surface area contributed by atoms with E-state index in [4.69, 9.17) is 17.4 Å². The van der Waals surface area contributed by atoms with E-state index in [1.165, 1.54) is 17.6 Å². The average molecular weight is 301 g/mol. The van der Waals surface area contributed by atoms with E-state index in [0.29, 0.717) is 10.6 Å². The molecule has 3 N–H and O–H groups in total. The lowest BCUT2D eigenvalue weighted by Crippen LogP contribution is -2.29. The fourth-order valence-electron chi connectivity index (χ4n) is 1.85. The van der Waals surface area contributed by atoms with E-state index in [1.807, 2.05) is 13.8 Å². The summed E-state index contributed by atoms with van der Waals surface area (Å²) in [5, 5.41) is 4.43. The van der Waals surface area contributed by atoms with E-state index in [9.17, 15) is 4.39 Å². The van der Waals surface area contributed by atoms with Gasteiger partial charge in [0.05, 0.1) is 16.6 Å². The minimum Gasteiger partial charge on any atom is -0.271 e. The topological polar surface area (TPSA) is 63.8 Å².